The fraction of sp³-hybridized carbons (Fsp3) is 0.600. The molecule has 104 valence electrons. The van der Waals surface area contributed by atoms with Crippen molar-refractivity contribution in [2.45, 2.75) is 46.1 Å². The highest BCUT2D eigenvalue weighted by molar-refractivity contribution is 5.29. The van der Waals surface area contributed by atoms with Crippen molar-refractivity contribution in [3.63, 3.8) is 0 Å². The van der Waals surface area contributed by atoms with E-state index in [9.17, 15) is 0 Å². The zero-order valence-corrected chi connectivity index (χ0v) is 11.9. The van der Waals surface area contributed by atoms with E-state index in [2.05, 4.69) is 23.3 Å². The number of nitrogens with one attached hydrogen (secondary N) is 1. The lowest BCUT2D eigenvalue weighted by Gasteiger charge is -2.11. The van der Waals surface area contributed by atoms with Gasteiger partial charge in [-0.05, 0) is 44.9 Å². The largest absolute Gasteiger partial charge is 0.492 e. The first-order chi connectivity index (χ1) is 9.27. The molecule has 1 aromatic rings. The molecule has 1 N–H and O–H groups in total. The molecule has 0 saturated carbocycles. The van der Waals surface area contributed by atoms with Crippen LogP contribution in [0.15, 0.2) is 12.1 Å². The van der Waals surface area contributed by atoms with Gasteiger partial charge in [0.25, 0.3) is 0 Å². The number of unbranched alkanes of at least 4 members (excludes halogenated alkanes) is 2. The number of hydrogen-bond donors (Lipinski definition) is 1. The van der Waals surface area contributed by atoms with Gasteiger partial charge in [-0.25, -0.2) is 0 Å². The molecule has 0 aliphatic carbocycles. The SMILES string of the molecule is CCCNCc1nc(C)ccc1OCCCCC#N. The number of aryl methyl sites for hydroxylation is 1. The monoisotopic (exact) mass is 261 g/mol. The van der Waals surface area contributed by atoms with Crippen molar-refractivity contribution in [1.82, 2.24) is 10.3 Å². The van der Waals surface area contributed by atoms with Crippen LogP contribution in [-0.4, -0.2) is 18.1 Å². The summed E-state index contributed by atoms with van der Waals surface area (Å²) in [7, 11) is 0. The number of nitrogens with zero attached hydrogens (tertiary/aromatic N) is 2. The Kier molecular flexibility index (Phi) is 7.60. The lowest BCUT2D eigenvalue weighted by Crippen LogP contribution is -2.16. The van der Waals surface area contributed by atoms with Crippen molar-refractivity contribution >= 4 is 0 Å². The van der Waals surface area contributed by atoms with Crippen molar-refractivity contribution in [2.24, 2.45) is 0 Å². The maximum atomic E-state index is 8.47. The maximum absolute atomic E-state index is 8.47. The lowest BCUT2D eigenvalue weighted by molar-refractivity contribution is 0.302. The zero-order chi connectivity index (χ0) is 13.9. The van der Waals surface area contributed by atoms with E-state index in [1.165, 1.54) is 0 Å². The van der Waals surface area contributed by atoms with Gasteiger partial charge in [0.05, 0.1) is 18.4 Å². The van der Waals surface area contributed by atoms with Gasteiger partial charge in [0.1, 0.15) is 5.75 Å². The molecule has 0 bridgehead atoms. The van der Waals surface area contributed by atoms with Crippen LogP contribution < -0.4 is 10.1 Å². The van der Waals surface area contributed by atoms with Crippen LogP contribution in [0.5, 0.6) is 5.75 Å². The van der Waals surface area contributed by atoms with Gasteiger partial charge in [-0.1, -0.05) is 6.92 Å². The third-order valence-electron chi connectivity index (χ3n) is 2.73. The molecule has 0 aromatic carbocycles. The molecule has 0 amide bonds. The van der Waals surface area contributed by atoms with E-state index < -0.39 is 0 Å². The number of ether oxygens (including phenoxy) is 1. The number of aromatic nitrogens is 1. The highest BCUT2D eigenvalue weighted by Crippen LogP contribution is 2.17. The van der Waals surface area contributed by atoms with Crippen LogP contribution in [0, 0.1) is 18.3 Å². The van der Waals surface area contributed by atoms with Crippen LogP contribution in [-0.2, 0) is 6.54 Å². The summed E-state index contributed by atoms with van der Waals surface area (Å²) in [6.07, 6.45) is 3.50. The molecular weight excluding hydrogens is 238 g/mol. The second kappa shape index (κ2) is 9.35. The summed E-state index contributed by atoms with van der Waals surface area (Å²) >= 11 is 0. The highest BCUT2D eigenvalue weighted by Gasteiger charge is 2.05. The first kappa shape index (κ1) is 15.5. The molecule has 0 spiro atoms. The van der Waals surface area contributed by atoms with E-state index in [0.29, 0.717) is 13.0 Å². The van der Waals surface area contributed by atoms with Crippen molar-refractivity contribution < 1.29 is 4.74 Å². The first-order valence-electron chi connectivity index (χ1n) is 6.95. The minimum Gasteiger partial charge on any atom is -0.492 e. The van der Waals surface area contributed by atoms with Crippen molar-refractivity contribution in [1.29, 1.82) is 5.26 Å². The average Bonchev–Trinajstić information content (AvgIpc) is 2.41. The first-order valence-corrected chi connectivity index (χ1v) is 6.95. The van der Waals surface area contributed by atoms with Crippen LogP contribution in [0.25, 0.3) is 0 Å². The molecule has 0 fully saturated rings. The number of hydrogen-bond acceptors (Lipinski definition) is 4. The topological polar surface area (TPSA) is 57.9 Å². The van der Waals surface area contributed by atoms with Crippen LogP contribution >= 0.6 is 0 Å². The summed E-state index contributed by atoms with van der Waals surface area (Å²) in [5.41, 5.74) is 1.97. The Hall–Kier alpha value is -1.60. The molecule has 4 heteroatoms. The predicted molar refractivity (Wildman–Crippen MR) is 75.9 cm³/mol. The summed E-state index contributed by atoms with van der Waals surface area (Å²) in [5.74, 6) is 0.853. The molecule has 0 aliphatic heterocycles. The molecule has 0 unspecified atom stereocenters. The molecular formula is C15H23N3O. The van der Waals surface area contributed by atoms with Gasteiger partial charge < -0.3 is 10.1 Å². The minimum atomic E-state index is 0.598. The van der Waals surface area contributed by atoms with E-state index in [-0.39, 0.29) is 0 Å². The van der Waals surface area contributed by atoms with Gasteiger partial charge in [0.15, 0.2) is 0 Å². The predicted octanol–water partition coefficient (Wildman–Crippen LogP) is 2.96. The Morgan fingerprint density at radius 1 is 1.37 bits per heavy atom. The summed E-state index contributed by atoms with van der Waals surface area (Å²) in [4.78, 5) is 4.52. The average molecular weight is 261 g/mol. The fourth-order valence-corrected chi connectivity index (χ4v) is 1.73. The normalized spacial score (nSPS) is 10.2. The van der Waals surface area contributed by atoms with Crippen LogP contribution in [0.2, 0.25) is 0 Å². The minimum absolute atomic E-state index is 0.598. The molecule has 1 heterocycles. The Morgan fingerprint density at radius 3 is 2.95 bits per heavy atom. The molecule has 19 heavy (non-hydrogen) atoms. The van der Waals surface area contributed by atoms with Crippen LogP contribution in [0.1, 0.15) is 44.0 Å². The molecule has 0 radical (unpaired) electrons. The van der Waals surface area contributed by atoms with Crippen LogP contribution in [0.3, 0.4) is 0 Å². The second-order valence-corrected chi connectivity index (χ2v) is 4.54. The standard InChI is InChI=1S/C15H23N3O/c1-3-10-17-12-14-15(8-7-13(2)18-14)19-11-6-4-5-9-16/h7-8,17H,3-6,10-12H2,1-2H3. The van der Waals surface area contributed by atoms with E-state index in [1.54, 1.807) is 0 Å². The Labute approximate surface area is 115 Å². The smallest absolute Gasteiger partial charge is 0.142 e. The summed E-state index contributed by atoms with van der Waals surface area (Å²) in [6.45, 7) is 6.50. The second-order valence-electron chi connectivity index (χ2n) is 4.54. The molecule has 1 aromatic heterocycles. The Balaban J connectivity index is 2.48. The van der Waals surface area contributed by atoms with E-state index >= 15 is 0 Å². The molecule has 4 nitrogen and oxygen atoms in total. The lowest BCUT2D eigenvalue weighted by atomic mass is 10.2. The number of rotatable bonds is 9. The van der Waals surface area contributed by atoms with Gasteiger partial charge in [0, 0.05) is 18.7 Å². The van der Waals surface area contributed by atoms with Gasteiger partial charge in [0.2, 0.25) is 0 Å². The van der Waals surface area contributed by atoms with Crippen molar-refractivity contribution in [3.05, 3.63) is 23.5 Å². The number of pyridine rings is 1. The van der Waals surface area contributed by atoms with Gasteiger partial charge in [-0.3, -0.25) is 4.98 Å². The van der Waals surface area contributed by atoms with Gasteiger partial charge in [-0.15, -0.1) is 0 Å². The summed E-state index contributed by atoms with van der Waals surface area (Å²) < 4.78 is 5.76. The van der Waals surface area contributed by atoms with Gasteiger partial charge in [-0.2, -0.15) is 5.26 Å². The molecule has 0 saturated heterocycles. The quantitative estimate of drug-likeness (QED) is 0.694. The fourth-order valence-electron chi connectivity index (χ4n) is 1.73. The molecule has 0 atom stereocenters. The van der Waals surface area contributed by atoms with E-state index in [1.807, 2.05) is 19.1 Å². The zero-order valence-electron chi connectivity index (χ0n) is 11.9. The summed E-state index contributed by atoms with van der Waals surface area (Å²) in [5, 5.41) is 11.8. The number of nitriles is 1. The van der Waals surface area contributed by atoms with E-state index in [4.69, 9.17) is 10.00 Å². The third-order valence-corrected chi connectivity index (χ3v) is 2.73. The molecule has 0 aliphatic rings. The van der Waals surface area contributed by atoms with E-state index in [0.717, 1.165) is 49.5 Å². The van der Waals surface area contributed by atoms with Gasteiger partial charge >= 0.3 is 0 Å². The maximum Gasteiger partial charge on any atom is 0.142 e. The summed E-state index contributed by atoms with van der Waals surface area (Å²) in [6, 6.07) is 6.09. The van der Waals surface area contributed by atoms with Crippen molar-refractivity contribution in [2.75, 3.05) is 13.2 Å². The third kappa shape index (κ3) is 6.21. The highest BCUT2D eigenvalue weighted by atomic mass is 16.5. The van der Waals surface area contributed by atoms with Crippen molar-refractivity contribution in [3.8, 4) is 11.8 Å². The van der Waals surface area contributed by atoms with Crippen LogP contribution in [0.4, 0.5) is 0 Å². The Morgan fingerprint density at radius 2 is 2.21 bits per heavy atom. The molecule has 1 rings (SSSR count). The Bertz CT molecular complexity index is 412.